The minimum absolute atomic E-state index is 0.108. The molecule has 2 aromatic rings. The van der Waals surface area contributed by atoms with Gasteiger partial charge in [-0.3, -0.25) is 0 Å². The zero-order chi connectivity index (χ0) is 18.5. The van der Waals surface area contributed by atoms with Crippen LogP contribution in [0.4, 0.5) is 13.2 Å². The highest BCUT2D eigenvalue weighted by molar-refractivity contribution is 5.31. The maximum absolute atomic E-state index is 14.4. The van der Waals surface area contributed by atoms with E-state index in [1.54, 1.807) is 6.07 Å². The molecule has 0 nitrogen and oxygen atoms in total. The van der Waals surface area contributed by atoms with Crippen molar-refractivity contribution in [3.63, 3.8) is 0 Å². The Morgan fingerprint density at radius 2 is 1.65 bits per heavy atom. The lowest BCUT2D eigenvalue weighted by atomic mass is 9.81. The van der Waals surface area contributed by atoms with Crippen LogP contribution < -0.4 is 0 Å². The van der Waals surface area contributed by atoms with Gasteiger partial charge in [-0.25, -0.2) is 13.2 Å². The summed E-state index contributed by atoms with van der Waals surface area (Å²) in [6.07, 6.45) is 8.45. The molecule has 0 saturated carbocycles. The SMILES string of the molecule is CCCCCc1ccc(CCC2CCc3cc(F)c(F)cc3C2)c(F)c1. The molecule has 1 aliphatic carbocycles. The number of halogens is 3. The molecule has 0 fully saturated rings. The Kier molecular flexibility index (Phi) is 6.39. The molecule has 1 aliphatic rings. The first-order chi connectivity index (χ1) is 12.6. The molecule has 0 heterocycles. The Morgan fingerprint density at radius 3 is 2.38 bits per heavy atom. The average Bonchev–Trinajstić information content (AvgIpc) is 2.62. The van der Waals surface area contributed by atoms with E-state index in [1.807, 2.05) is 12.1 Å². The van der Waals surface area contributed by atoms with Crippen molar-refractivity contribution in [2.24, 2.45) is 5.92 Å². The molecule has 3 rings (SSSR count). The van der Waals surface area contributed by atoms with Gasteiger partial charge in [0.2, 0.25) is 0 Å². The Hall–Kier alpha value is -1.77. The van der Waals surface area contributed by atoms with Crippen molar-refractivity contribution in [3.8, 4) is 0 Å². The molecule has 0 bridgehead atoms. The van der Waals surface area contributed by atoms with E-state index in [0.29, 0.717) is 12.3 Å². The van der Waals surface area contributed by atoms with Crippen molar-refractivity contribution in [1.29, 1.82) is 0 Å². The highest BCUT2D eigenvalue weighted by Crippen LogP contribution is 2.30. The highest BCUT2D eigenvalue weighted by atomic mass is 19.2. The van der Waals surface area contributed by atoms with Gasteiger partial charge in [0.15, 0.2) is 11.6 Å². The van der Waals surface area contributed by atoms with Crippen LogP contribution in [0.1, 0.15) is 61.3 Å². The number of rotatable bonds is 7. The molecular weight excluding hydrogens is 333 g/mol. The van der Waals surface area contributed by atoms with Crippen LogP contribution in [0.15, 0.2) is 30.3 Å². The molecule has 0 amide bonds. The van der Waals surface area contributed by atoms with Crippen molar-refractivity contribution in [2.45, 2.75) is 64.7 Å². The van der Waals surface area contributed by atoms with Crippen molar-refractivity contribution in [1.82, 2.24) is 0 Å². The van der Waals surface area contributed by atoms with Crippen LogP contribution in [-0.2, 0) is 25.7 Å². The number of benzene rings is 2. The van der Waals surface area contributed by atoms with Gasteiger partial charge in [-0.2, -0.15) is 0 Å². The molecule has 140 valence electrons. The molecule has 1 unspecified atom stereocenters. The van der Waals surface area contributed by atoms with E-state index >= 15 is 0 Å². The zero-order valence-electron chi connectivity index (χ0n) is 15.5. The quantitative estimate of drug-likeness (QED) is 0.490. The maximum atomic E-state index is 14.4. The van der Waals surface area contributed by atoms with Gasteiger partial charge in [-0.05, 0) is 91.3 Å². The Bertz CT molecular complexity index is 751. The summed E-state index contributed by atoms with van der Waals surface area (Å²) in [5, 5.41) is 0. The van der Waals surface area contributed by atoms with Crippen LogP contribution in [0.25, 0.3) is 0 Å². The van der Waals surface area contributed by atoms with Crippen molar-refractivity contribution in [2.75, 3.05) is 0 Å². The molecule has 1 atom stereocenters. The first kappa shape index (κ1) is 19.0. The van der Waals surface area contributed by atoms with E-state index in [2.05, 4.69) is 6.92 Å². The molecule has 0 aromatic heterocycles. The van der Waals surface area contributed by atoms with Crippen LogP contribution in [0, 0.1) is 23.4 Å². The van der Waals surface area contributed by atoms with E-state index < -0.39 is 11.6 Å². The van der Waals surface area contributed by atoms with Gasteiger partial charge in [0.05, 0.1) is 0 Å². The first-order valence-electron chi connectivity index (χ1n) is 9.81. The topological polar surface area (TPSA) is 0 Å². The largest absolute Gasteiger partial charge is 0.207 e. The third kappa shape index (κ3) is 4.69. The van der Waals surface area contributed by atoms with Gasteiger partial charge in [0.25, 0.3) is 0 Å². The predicted octanol–water partition coefficient (Wildman–Crippen LogP) is 6.57. The summed E-state index contributed by atoms with van der Waals surface area (Å²) < 4.78 is 41.2. The molecule has 0 radical (unpaired) electrons. The summed E-state index contributed by atoms with van der Waals surface area (Å²) in [5.74, 6) is -1.24. The lowest BCUT2D eigenvalue weighted by molar-refractivity contribution is 0.417. The van der Waals surface area contributed by atoms with Crippen LogP contribution >= 0.6 is 0 Å². The summed E-state index contributed by atoms with van der Waals surface area (Å²) in [5.41, 5.74) is 3.67. The second kappa shape index (κ2) is 8.75. The Balaban J connectivity index is 1.56. The fourth-order valence-corrected chi connectivity index (χ4v) is 3.96. The third-order valence-corrected chi connectivity index (χ3v) is 5.58. The Labute approximate surface area is 154 Å². The van der Waals surface area contributed by atoms with Crippen LogP contribution in [0.3, 0.4) is 0 Å². The third-order valence-electron chi connectivity index (χ3n) is 5.58. The molecule has 26 heavy (non-hydrogen) atoms. The molecule has 0 N–H and O–H groups in total. The summed E-state index contributed by atoms with van der Waals surface area (Å²) in [7, 11) is 0. The van der Waals surface area contributed by atoms with E-state index in [-0.39, 0.29) is 5.82 Å². The van der Waals surface area contributed by atoms with Crippen molar-refractivity contribution >= 4 is 0 Å². The van der Waals surface area contributed by atoms with E-state index in [1.165, 1.54) is 25.0 Å². The minimum atomic E-state index is -0.769. The Morgan fingerprint density at radius 1 is 0.885 bits per heavy atom. The van der Waals surface area contributed by atoms with Crippen LogP contribution in [0.5, 0.6) is 0 Å². The zero-order valence-corrected chi connectivity index (χ0v) is 15.5. The highest BCUT2D eigenvalue weighted by Gasteiger charge is 2.21. The van der Waals surface area contributed by atoms with Crippen LogP contribution in [-0.4, -0.2) is 0 Å². The summed E-state index contributed by atoms with van der Waals surface area (Å²) in [6.45, 7) is 2.16. The maximum Gasteiger partial charge on any atom is 0.159 e. The molecule has 0 saturated heterocycles. The fourth-order valence-electron chi connectivity index (χ4n) is 3.96. The van der Waals surface area contributed by atoms with Gasteiger partial charge < -0.3 is 0 Å². The lowest BCUT2D eigenvalue weighted by Gasteiger charge is -2.25. The molecular formula is C23H27F3. The molecule has 0 aliphatic heterocycles. The predicted molar refractivity (Wildman–Crippen MR) is 99.8 cm³/mol. The summed E-state index contributed by atoms with van der Waals surface area (Å²) in [6, 6.07) is 8.31. The summed E-state index contributed by atoms with van der Waals surface area (Å²) in [4.78, 5) is 0. The standard InChI is InChI=1S/C23H27F3/c1-2-3-4-5-16-6-9-18(21(24)13-16)10-7-17-8-11-19-14-22(25)23(26)15-20(19)12-17/h6,9,13-15,17H,2-5,7-8,10-12H2,1H3. The van der Waals surface area contributed by atoms with Gasteiger partial charge in [-0.1, -0.05) is 31.9 Å². The summed E-state index contributed by atoms with van der Waals surface area (Å²) >= 11 is 0. The van der Waals surface area contributed by atoms with Gasteiger partial charge >= 0.3 is 0 Å². The normalized spacial score (nSPS) is 16.5. The van der Waals surface area contributed by atoms with E-state index in [0.717, 1.165) is 60.8 Å². The second-order valence-corrected chi connectivity index (χ2v) is 7.57. The lowest BCUT2D eigenvalue weighted by Crippen LogP contribution is -2.16. The smallest absolute Gasteiger partial charge is 0.159 e. The van der Waals surface area contributed by atoms with Gasteiger partial charge in [-0.15, -0.1) is 0 Å². The molecule has 0 spiro atoms. The van der Waals surface area contributed by atoms with Crippen LogP contribution in [0.2, 0.25) is 0 Å². The number of fused-ring (bicyclic) bond motifs is 1. The molecule has 3 heteroatoms. The first-order valence-corrected chi connectivity index (χ1v) is 9.81. The van der Waals surface area contributed by atoms with E-state index in [4.69, 9.17) is 0 Å². The van der Waals surface area contributed by atoms with Gasteiger partial charge in [0.1, 0.15) is 5.82 Å². The van der Waals surface area contributed by atoms with Crippen molar-refractivity contribution < 1.29 is 13.2 Å². The van der Waals surface area contributed by atoms with E-state index in [9.17, 15) is 13.2 Å². The number of unbranched alkanes of at least 4 members (excludes halogenated alkanes) is 2. The fraction of sp³-hybridized carbons (Fsp3) is 0.478. The average molecular weight is 360 g/mol. The van der Waals surface area contributed by atoms with Gasteiger partial charge in [0, 0.05) is 0 Å². The number of hydrogen-bond acceptors (Lipinski definition) is 0. The molecule has 2 aromatic carbocycles. The number of hydrogen-bond donors (Lipinski definition) is 0. The minimum Gasteiger partial charge on any atom is -0.207 e. The monoisotopic (exact) mass is 360 g/mol. The second-order valence-electron chi connectivity index (χ2n) is 7.57. The van der Waals surface area contributed by atoms with Crippen molar-refractivity contribution in [3.05, 3.63) is 70.0 Å². The number of aryl methyl sites for hydroxylation is 3.